The van der Waals surface area contributed by atoms with Gasteiger partial charge in [-0.15, -0.1) is 11.3 Å². The molecule has 0 saturated carbocycles. The van der Waals surface area contributed by atoms with Crippen LogP contribution in [0.3, 0.4) is 0 Å². The maximum Gasteiger partial charge on any atom is 0.336 e. The fourth-order valence-electron chi connectivity index (χ4n) is 3.76. The molecule has 3 aromatic rings. The van der Waals surface area contributed by atoms with Gasteiger partial charge in [-0.25, -0.2) is 4.79 Å². The first-order valence-electron chi connectivity index (χ1n) is 9.14. The Labute approximate surface area is 192 Å². The molecule has 0 aliphatic carbocycles. The molecular formula is C22H16Cl3NO3S. The molecule has 1 unspecified atom stereocenters. The number of hydrogen-bond donors (Lipinski definition) is 1. The summed E-state index contributed by atoms with van der Waals surface area (Å²) >= 11 is 20.6. The Morgan fingerprint density at radius 1 is 1.10 bits per heavy atom. The number of aromatic carboxylic acids is 1. The minimum atomic E-state index is -1.18. The van der Waals surface area contributed by atoms with Gasteiger partial charge in [0.1, 0.15) is 0 Å². The molecule has 2 heterocycles. The van der Waals surface area contributed by atoms with Crippen LogP contribution in [-0.2, 0) is 6.42 Å². The van der Waals surface area contributed by atoms with Crippen LogP contribution in [0.15, 0.2) is 41.8 Å². The molecule has 30 heavy (non-hydrogen) atoms. The second kappa shape index (κ2) is 8.23. The van der Waals surface area contributed by atoms with Crippen molar-refractivity contribution in [1.29, 1.82) is 0 Å². The normalized spacial score (nSPS) is 15.7. The van der Waals surface area contributed by atoms with Gasteiger partial charge in [-0.1, -0.05) is 46.9 Å². The zero-order chi connectivity index (χ0) is 21.6. The van der Waals surface area contributed by atoms with Crippen LogP contribution in [0.5, 0.6) is 0 Å². The van der Waals surface area contributed by atoms with E-state index in [2.05, 4.69) is 0 Å². The number of halogens is 3. The van der Waals surface area contributed by atoms with E-state index in [1.165, 1.54) is 23.5 Å². The van der Waals surface area contributed by atoms with Gasteiger partial charge in [0.2, 0.25) is 0 Å². The van der Waals surface area contributed by atoms with E-state index in [1.807, 2.05) is 17.5 Å². The minimum absolute atomic E-state index is 0.0567. The molecule has 0 spiro atoms. The number of aryl methyl sites for hydroxylation is 1. The molecular weight excluding hydrogens is 465 g/mol. The quantitative estimate of drug-likeness (QED) is 0.465. The molecule has 154 valence electrons. The number of fused-ring (bicyclic) bond motifs is 1. The van der Waals surface area contributed by atoms with Gasteiger partial charge in [0, 0.05) is 22.0 Å². The fourth-order valence-corrected chi connectivity index (χ4v) is 5.41. The predicted molar refractivity (Wildman–Crippen MR) is 121 cm³/mol. The van der Waals surface area contributed by atoms with Crippen molar-refractivity contribution in [1.82, 2.24) is 4.90 Å². The van der Waals surface area contributed by atoms with E-state index in [0.29, 0.717) is 39.2 Å². The molecule has 8 heteroatoms. The first-order valence-corrected chi connectivity index (χ1v) is 11.2. The monoisotopic (exact) mass is 479 g/mol. The van der Waals surface area contributed by atoms with Gasteiger partial charge in [-0.05, 0) is 54.1 Å². The van der Waals surface area contributed by atoms with Crippen molar-refractivity contribution in [3.05, 3.63) is 89.5 Å². The standard InChI is InChI=1S/C22H16Cl3NO3S/c1-11-9-15(22(28)29)14(10-17(11)24)21(27)26-7-5-12-6-8-30-20(12)19(26)13-3-2-4-16(23)18(13)25/h2-4,6,8-10,19H,5,7H2,1H3,(H,28,29). The van der Waals surface area contributed by atoms with E-state index >= 15 is 0 Å². The van der Waals surface area contributed by atoms with Gasteiger partial charge in [0.15, 0.2) is 0 Å². The molecule has 0 bridgehead atoms. The molecule has 1 aliphatic heterocycles. The van der Waals surface area contributed by atoms with E-state index in [-0.39, 0.29) is 11.1 Å². The summed E-state index contributed by atoms with van der Waals surface area (Å²) in [5.74, 6) is -1.58. The molecule has 4 nitrogen and oxygen atoms in total. The molecule has 0 fully saturated rings. The smallest absolute Gasteiger partial charge is 0.336 e. The Morgan fingerprint density at radius 2 is 1.87 bits per heavy atom. The van der Waals surface area contributed by atoms with Crippen LogP contribution in [0.2, 0.25) is 15.1 Å². The molecule has 1 aliphatic rings. The highest BCUT2D eigenvalue weighted by Gasteiger charge is 2.36. The lowest BCUT2D eigenvalue weighted by Gasteiger charge is -2.37. The maximum absolute atomic E-state index is 13.6. The first-order chi connectivity index (χ1) is 14.3. The number of amides is 1. The SMILES string of the molecule is Cc1cc(C(=O)O)c(C(=O)N2CCc3ccsc3C2c2cccc(Cl)c2Cl)cc1Cl. The zero-order valence-corrected chi connectivity index (χ0v) is 18.9. The van der Waals surface area contributed by atoms with Gasteiger partial charge >= 0.3 is 5.97 Å². The third kappa shape index (κ3) is 3.60. The van der Waals surface area contributed by atoms with E-state index in [4.69, 9.17) is 34.8 Å². The van der Waals surface area contributed by atoms with Crippen molar-refractivity contribution in [2.45, 2.75) is 19.4 Å². The highest BCUT2D eigenvalue weighted by Crippen LogP contribution is 2.43. The highest BCUT2D eigenvalue weighted by atomic mass is 35.5. The van der Waals surface area contributed by atoms with Crippen LogP contribution in [-0.4, -0.2) is 28.4 Å². The molecule has 0 radical (unpaired) electrons. The van der Waals surface area contributed by atoms with Gasteiger partial charge < -0.3 is 10.0 Å². The van der Waals surface area contributed by atoms with Gasteiger partial charge in [-0.2, -0.15) is 0 Å². The summed E-state index contributed by atoms with van der Waals surface area (Å²) in [4.78, 5) is 28.1. The predicted octanol–water partition coefficient (Wildman–Crippen LogP) is 6.50. The summed E-state index contributed by atoms with van der Waals surface area (Å²) < 4.78 is 0. The van der Waals surface area contributed by atoms with Gasteiger partial charge in [0.25, 0.3) is 5.91 Å². The maximum atomic E-state index is 13.6. The van der Waals surface area contributed by atoms with Crippen LogP contribution in [0.25, 0.3) is 0 Å². The number of carbonyl (C=O) groups excluding carboxylic acids is 1. The van der Waals surface area contributed by atoms with Crippen molar-refractivity contribution in [2.75, 3.05) is 6.54 Å². The third-order valence-corrected chi connectivity index (χ3v) is 7.51. The fraction of sp³-hybridized carbons (Fsp3) is 0.182. The summed E-state index contributed by atoms with van der Waals surface area (Å²) in [5.41, 5.74) is 2.43. The molecule has 1 aromatic heterocycles. The summed E-state index contributed by atoms with van der Waals surface area (Å²) in [6.07, 6.45) is 0.668. The number of thiophene rings is 1. The van der Waals surface area contributed by atoms with E-state index in [0.717, 1.165) is 10.4 Å². The first kappa shape index (κ1) is 21.2. The Kier molecular flexibility index (Phi) is 5.82. The van der Waals surface area contributed by atoms with Gasteiger partial charge in [0.05, 0.1) is 27.2 Å². The number of nitrogens with zero attached hydrogens (tertiary/aromatic N) is 1. The van der Waals surface area contributed by atoms with E-state index in [9.17, 15) is 14.7 Å². The lowest BCUT2D eigenvalue weighted by atomic mass is 9.93. The largest absolute Gasteiger partial charge is 0.478 e. The summed E-state index contributed by atoms with van der Waals surface area (Å²) in [7, 11) is 0. The van der Waals surface area contributed by atoms with E-state index in [1.54, 1.807) is 24.0 Å². The molecule has 1 amide bonds. The Hall–Kier alpha value is -2.05. The second-order valence-electron chi connectivity index (χ2n) is 7.06. The average molecular weight is 481 g/mol. The summed E-state index contributed by atoms with van der Waals surface area (Å²) in [6, 6.07) is 9.77. The molecule has 1 atom stereocenters. The number of carboxylic acids is 1. The lowest BCUT2D eigenvalue weighted by molar-refractivity contribution is 0.0655. The molecule has 4 rings (SSSR count). The number of carboxylic acid groups (broad SMARTS) is 1. The number of carbonyl (C=O) groups is 2. The Morgan fingerprint density at radius 3 is 2.60 bits per heavy atom. The molecule has 0 saturated heterocycles. The molecule has 2 aromatic carbocycles. The number of hydrogen-bond acceptors (Lipinski definition) is 3. The lowest BCUT2D eigenvalue weighted by Crippen LogP contribution is -2.40. The van der Waals surface area contributed by atoms with Crippen LogP contribution in [0.1, 0.15) is 48.3 Å². The highest BCUT2D eigenvalue weighted by molar-refractivity contribution is 7.10. The van der Waals surface area contributed by atoms with Crippen molar-refractivity contribution in [3.8, 4) is 0 Å². The second-order valence-corrected chi connectivity index (χ2v) is 9.20. The number of benzene rings is 2. The zero-order valence-electron chi connectivity index (χ0n) is 15.8. The van der Waals surface area contributed by atoms with E-state index < -0.39 is 17.9 Å². The van der Waals surface area contributed by atoms with Crippen molar-refractivity contribution in [3.63, 3.8) is 0 Å². The topological polar surface area (TPSA) is 57.6 Å². The number of rotatable bonds is 3. The van der Waals surface area contributed by atoms with Crippen LogP contribution in [0, 0.1) is 6.92 Å². The van der Waals surface area contributed by atoms with Crippen molar-refractivity contribution < 1.29 is 14.7 Å². The Balaban J connectivity index is 1.88. The molecule has 1 N–H and O–H groups in total. The Bertz CT molecular complexity index is 1170. The van der Waals surface area contributed by atoms with Gasteiger partial charge in [-0.3, -0.25) is 4.79 Å². The minimum Gasteiger partial charge on any atom is -0.478 e. The van der Waals surface area contributed by atoms with Crippen LogP contribution >= 0.6 is 46.1 Å². The third-order valence-electron chi connectivity index (χ3n) is 5.26. The average Bonchev–Trinajstić information content (AvgIpc) is 3.19. The van der Waals surface area contributed by atoms with Crippen LogP contribution in [0.4, 0.5) is 0 Å². The summed E-state index contributed by atoms with van der Waals surface area (Å²) in [6.45, 7) is 2.12. The van der Waals surface area contributed by atoms with Crippen LogP contribution < -0.4 is 0 Å². The van der Waals surface area contributed by atoms with Crippen molar-refractivity contribution in [2.24, 2.45) is 0 Å². The summed E-state index contributed by atoms with van der Waals surface area (Å²) in [5, 5.41) is 12.8. The van der Waals surface area contributed by atoms with Crippen molar-refractivity contribution >= 4 is 58.0 Å².